The second kappa shape index (κ2) is 7.55. The molecule has 0 unspecified atom stereocenters. The van der Waals surface area contributed by atoms with Gasteiger partial charge in [-0.05, 0) is 47.7 Å². The summed E-state index contributed by atoms with van der Waals surface area (Å²) < 4.78 is 0. The van der Waals surface area contributed by atoms with E-state index in [0.717, 1.165) is 16.2 Å². The average molecular weight is 355 g/mol. The maximum absolute atomic E-state index is 12.3. The minimum atomic E-state index is -0.0998. The third-order valence-corrected chi connectivity index (χ3v) is 5.63. The number of thiophene rings is 2. The van der Waals surface area contributed by atoms with Gasteiger partial charge in [0.25, 0.3) is 5.91 Å². The van der Waals surface area contributed by atoms with Crippen LogP contribution in [0.4, 0.5) is 0 Å². The summed E-state index contributed by atoms with van der Waals surface area (Å²) in [5, 5.41) is 4.80. The molecule has 0 saturated heterocycles. The molecule has 24 heavy (non-hydrogen) atoms. The van der Waals surface area contributed by atoms with Crippen molar-refractivity contribution in [1.82, 2.24) is 5.32 Å². The van der Waals surface area contributed by atoms with Crippen molar-refractivity contribution in [2.24, 2.45) is 0 Å². The molecule has 1 N–H and O–H groups in total. The number of hydrogen-bond acceptors (Lipinski definition) is 4. The average Bonchev–Trinajstić information content (AvgIpc) is 3.31. The van der Waals surface area contributed by atoms with Gasteiger partial charge in [-0.3, -0.25) is 9.59 Å². The highest BCUT2D eigenvalue weighted by molar-refractivity contribution is 7.16. The minimum absolute atomic E-state index is 0.0442. The van der Waals surface area contributed by atoms with Crippen LogP contribution in [0, 0.1) is 0 Å². The summed E-state index contributed by atoms with van der Waals surface area (Å²) in [6.45, 7) is 2.51. The number of carbonyl (C=O) groups is 2. The van der Waals surface area contributed by atoms with Crippen LogP contribution in [0.2, 0.25) is 0 Å². The van der Waals surface area contributed by atoms with Crippen LogP contribution in [0.3, 0.4) is 0 Å². The number of hydrogen-bond donors (Lipinski definition) is 1. The number of ketones is 1. The van der Waals surface area contributed by atoms with E-state index in [9.17, 15) is 9.59 Å². The van der Waals surface area contributed by atoms with Gasteiger partial charge in [0, 0.05) is 10.4 Å². The standard InChI is InChI=1S/C19H17NO2S2/c1-2-13-5-7-14(8-6-13)19(22)20-12-15-9-10-17(24-15)18(21)16-4-3-11-23-16/h3-11H,2,12H2,1H3,(H,20,22). The SMILES string of the molecule is CCc1ccc(C(=O)NCc2ccc(C(=O)c3cccs3)s2)cc1. The molecule has 3 aromatic rings. The molecule has 0 aliphatic rings. The van der Waals surface area contributed by atoms with E-state index in [1.807, 2.05) is 53.9 Å². The first kappa shape index (κ1) is 16.6. The molecule has 122 valence electrons. The van der Waals surface area contributed by atoms with Crippen LogP contribution in [-0.2, 0) is 13.0 Å². The predicted octanol–water partition coefficient (Wildman–Crippen LogP) is 4.53. The Morgan fingerprint density at radius 3 is 2.46 bits per heavy atom. The van der Waals surface area contributed by atoms with Gasteiger partial charge in [0.15, 0.2) is 0 Å². The zero-order chi connectivity index (χ0) is 16.9. The Kier molecular flexibility index (Phi) is 5.23. The Labute approximate surface area is 149 Å². The van der Waals surface area contributed by atoms with E-state index >= 15 is 0 Å². The van der Waals surface area contributed by atoms with E-state index in [1.54, 1.807) is 0 Å². The molecule has 0 atom stereocenters. The van der Waals surface area contributed by atoms with Crippen molar-refractivity contribution in [2.75, 3.05) is 0 Å². The lowest BCUT2D eigenvalue weighted by Gasteiger charge is -2.04. The number of amides is 1. The topological polar surface area (TPSA) is 46.2 Å². The molecule has 0 aliphatic heterocycles. The summed E-state index contributed by atoms with van der Waals surface area (Å²) in [7, 11) is 0. The predicted molar refractivity (Wildman–Crippen MR) is 99.1 cm³/mol. The van der Waals surface area contributed by atoms with E-state index in [2.05, 4.69) is 12.2 Å². The maximum Gasteiger partial charge on any atom is 0.251 e. The van der Waals surface area contributed by atoms with E-state index in [4.69, 9.17) is 0 Å². The van der Waals surface area contributed by atoms with Crippen molar-refractivity contribution in [3.05, 3.63) is 79.7 Å². The van der Waals surface area contributed by atoms with Crippen molar-refractivity contribution in [2.45, 2.75) is 19.9 Å². The molecule has 3 nitrogen and oxygen atoms in total. The van der Waals surface area contributed by atoms with Crippen molar-refractivity contribution in [1.29, 1.82) is 0 Å². The first-order chi connectivity index (χ1) is 11.7. The summed E-state index contributed by atoms with van der Waals surface area (Å²) in [5.41, 5.74) is 1.86. The van der Waals surface area contributed by atoms with E-state index in [-0.39, 0.29) is 11.7 Å². The van der Waals surface area contributed by atoms with Crippen molar-refractivity contribution in [3.8, 4) is 0 Å². The molecule has 5 heteroatoms. The third kappa shape index (κ3) is 3.80. The van der Waals surface area contributed by atoms with Crippen molar-refractivity contribution in [3.63, 3.8) is 0 Å². The summed E-state index contributed by atoms with van der Waals surface area (Å²) in [4.78, 5) is 26.9. The Morgan fingerprint density at radius 2 is 1.79 bits per heavy atom. The summed E-state index contributed by atoms with van der Waals surface area (Å²) in [6, 6.07) is 15.0. The van der Waals surface area contributed by atoms with Gasteiger partial charge in [0.05, 0.1) is 16.3 Å². The largest absolute Gasteiger partial charge is 0.347 e. The summed E-state index contributed by atoms with van der Waals surface area (Å²) >= 11 is 2.87. The molecule has 1 amide bonds. The molecule has 0 radical (unpaired) electrons. The van der Waals surface area contributed by atoms with Gasteiger partial charge in [-0.15, -0.1) is 22.7 Å². The highest BCUT2D eigenvalue weighted by Crippen LogP contribution is 2.22. The fourth-order valence-corrected chi connectivity index (χ4v) is 3.93. The van der Waals surface area contributed by atoms with Crippen LogP contribution in [0.5, 0.6) is 0 Å². The lowest BCUT2D eigenvalue weighted by atomic mass is 10.1. The summed E-state index contributed by atoms with van der Waals surface area (Å²) in [6.07, 6.45) is 0.956. The van der Waals surface area contributed by atoms with E-state index < -0.39 is 0 Å². The van der Waals surface area contributed by atoms with Crippen LogP contribution < -0.4 is 5.32 Å². The Hall–Kier alpha value is -2.24. The first-order valence-corrected chi connectivity index (χ1v) is 9.41. The number of nitrogens with one attached hydrogen (secondary N) is 1. The van der Waals surface area contributed by atoms with Crippen LogP contribution in [0.1, 0.15) is 42.3 Å². The number of aryl methyl sites for hydroxylation is 1. The molecule has 0 fully saturated rings. The monoisotopic (exact) mass is 355 g/mol. The fraction of sp³-hybridized carbons (Fsp3) is 0.158. The van der Waals surface area contributed by atoms with Crippen LogP contribution in [0.15, 0.2) is 53.9 Å². The lowest BCUT2D eigenvalue weighted by Crippen LogP contribution is -2.22. The van der Waals surface area contributed by atoms with E-state index in [0.29, 0.717) is 17.0 Å². The molecule has 0 spiro atoms. The molecule has 1 aromatic carbocycles. The van der Waals surface area contributed by atoms with Crippen molar-refractivity contribution >= 4 is 34.4 Å². The van der Waals surface area contributed by atoms with Gasteiger partial charge in [-0.2, -0.15) is 0 Å². The fourth-order valence-electron chi connectivity index (χ4n) is 2.29. The number of carbonyl (C=O) groups excluding carboxylic acids is 2. The van der Waals surface area contributed by atoms with Gasteiger partial charge in [-0.25, -0.2) is 0 Å². The van der Waals surface area contributed by atoms with Crippen LogP contribution in [-0.4, -0.2) is 11.7 Å². The maximum atomic E-state index is 12.3. The number of benzene rings is 1. The van der Waals surface area contributed by atoms with Gasteiger partial charge in [-0.1, -0.05) is 25.1 Å². The Bertz CT molecular complexity index is 833. The van der Waals surface area contributed by atoms with Gasteiger partial charge in [0.1, 0.15) is 0 Å². The normalized spacial score (nSPS) is 10.5. The zero-order valence-electron chi connectivity index (χ0n) is 13.2. The molecule has 3 rings (SSSR count). The quantitative estimate of drug-likeness (QED) is 0.660. The second-order valence-corrected chi connectivity index (χ2v) is 7.42. The van der Waals surface area contributed by atoms with Gasteiger partial charge >= 0.3 is 0 Å². The molecule has 0 saturated carbocycles. The first-order valence-electron chi connectivity index (χ1n) is 7.71. The van der Waals surface area contributed by atoms with E-state index in [1.165, 1.54) is 28.2 Å². The van der Waals surface area contributed by atoms with Crippen LogP contribution in [0.25, 0.3) is 0 Å². The molecular formula is C19H17NO2S2. The Morgan fingerprint density at radius 1 is 1.00 bits per heavy atom. The highest BCUT2D eigenvalue weighted by atomic mass is 32.1. The smallest absolute Gasteiger partial charge is 0.251 e. The van der Waals surface area contributed by atoms with Crippen molar-refractivity contribution < 1.29 is 9.59 Å². The molecule has 2 heterocycles. The highest BCUT2D eigenvalue weighted by Gasteiger charge is 2.13. The van der Waals surface area contributed by atoms with Gasteiger partial charge in [0.2, 0.25) is 5.78 Å². The molecular weight excluding hydrogens is 338 g/mol. The summed E-state index contributed by atoms with van der Waals surface area (Å²) in [5.74, 6) is -0.0556. The second-order valence-electron chi connectivity index (χ2n) is 5.31. The van der Waals surface area contributed by atoms with Gasteiger partial charge < -0.3 is 5.32 Å². The van der Waals surface area contributed by atoms with Crippen LogP contribution >= 0.6 is 22.7 Å². The number of rotatable bonds is 6. The molecule has 2 aromatic heterocycles. The third-order valence-electron chi connectivity index (χ3n) is 3.68. The molecule has 0 bridgehead atoms. The lowest BCUT2D eigenvalue weighted by molar-refractivity contribution is 0.0950. The minimum Gasteiger partial charge on any atom is -0.347 e. The Balaban J connectivity index is 1.60. The molecule has 0 aliphatic carbocycles. The zero-order valence-corrected chi connectivity index (χ0v) is 14.9.